The van der Waals surface area contributed by atoms with Gasteiger partial charge in [-0.05, 0) is 70.5 Å². The van der Waals surface area contributed by atoms with E-state index in [1.165, 1.54) is 24.3 Å². The van der Waals surface area contributed by atoms with Crippen LogP contribution in [-0.4, -0.2) is 40.1 Å². The van der Waals surface area contributed by atoms with Crippen LogP contribution in [0.2, 0.25) is 0 Å². The molecule has 184 valence electrons. The molecule has 0 aromatic heterocycles. The number of rotatable bonds is 7. The van der Waals surface area contributed by atoms with Crippen LogP contribution in [0.1, 0.15) is 18.1 Å². The van der Waals surface area contributed by atoms with E-state index in [0.717, 1.165) is 11.0 Å². The predicted molar refractivity (Wildman–Crippen MR) is 122 cm³/mol. The van der Waals surface area contributed by atoms with Crippen LogP contribution in [-0.2, 0) is 20.5 Å². The Bertz CT molecular complexity index is 1250. The Balaban J connectivity index is 1.82. The Morgan fingerprint density at radius 3 is 2.49 bits per heavy atom. The highest BCUT2D eigenvalue weighted by Gasteiger charge is 2.37. The molecule has 1 aliphatic heterocycles. The number of ether oxygens (including phenoxy) is 2. The first-order valence-corrected chi connectivity index (χ1v) is 11.3. The zero-order valence-electron chi connectivity index (χ0n) is 17.6. The van der Waals surface area contributed by atoms with E-state index < -0.39 is 51.8 Å². The number of esters is 1. The fourth-order valence-electron chi connectivity index (χ4n) is 2.85. The number of carbonyl (C=O) groups is 3. The van der Waals surface area contributed by atoms with Crippen LogP contribution in [0.4, 0.5) is 23.7 Å². The van der Waals surface area contributed by atoms with Crippen LogP contribution >= 0.6 is 27.7 Å². The van der Waals surface area contributed by atoms with Gasteiger partial charge in [0.15, 0.2) is 0 Å². The minimum Gasteiger partial charge on any atom is -0.465 e. The summed E-state index contributed by atoms with van der Waals surface area (Å²) in [7, 11) is 0. The lowest BCUT2D eigenvalue weighted by molar-refractivity contribution is -0.385. The van der Waals surface area contributed by atoms with Crippen molar-refractivity contribution in [3.05, 3.63) is 67.0 Å². The van der Waals surface area contributed by atoms with E-state index in [0.29, 0.717) is 29.5 Å². The fourth-order valence-corrected chi connectivity index (χ4v) is 4.17. The summed E-state index contributed by atoms with van der Waals surface area (Å²) in [5.74, 6) is -1.75. The van der Waals surface area contributed by atoms with Gasteiger partial charge in [-0.1, -0.05) is 6.07 Å². The number of hydrogen-bond acceptors (Lipinski definition) is 8. The maximum absolute atomic E-state index is 12.9. The van der Waals surface area contributed by atoms with Crippen molar-refractivity contribution in [2.75, 3.05) is 13.2 Å². The van der Waals surface area contributed by atoms with Gasteiger partial charge >= 0.3 is 17.8 Å². The molecular weight excluding hydrogens is 561 g/mol. The van der Waals surface area contributed by atoms with E-state index in [9.17, 15) is 37.7 Å². The Labute approximate surface area is 208 Å². The molecule has 0 N–H and O–H groups in total. The molecule has 0 unspecified atom stereocenters. The SMILES string of the molecule is CCOC(=O)CN1C(=O)S/C(=C\c2ccc(Oc3ccc(C(F)(F)F)cc3[N+](=O)[O-])c(Br)c2)C1=O. The van der Waals surface area contributed by atoms with Crippen molar-refractivity contribution in [3.63, 3.8) is 0 Å². The third kappa shape index (κ3) is 6.19. The Kier molecular flexibility index (Phi) is 7.85. The highest BCUT2D eigenvalue weighted by atomic mass is 79.9. The fraction of sp³-hybridized carbons (Fsp3) is 0.190. The number of nitro benzene ring substituents is 1. The van der Waals surface area contributed by atoms with Crippen molar-refractivity contribution in [2.24, 2.45) is 0 Å². The number of halogens is 4. The van der Waals surface area contributed by atoms with Crippen LogP contribution in [0.3, 0.4) is 0 Å². The molecule has 14 heteroatoms. The molecule has 0 spiro atoms. The molecule has 1 heterocycles. The molecule has 3 rings (SSSR count). The summed E-state index contributed by atoms with van der Waals surface area (Å²) < 4.78 is 49.1. The molecule has 1 aliphatic rings. The summed E-state index contributed by atoms with van der Waals surface area (Å²) in [5, 5.41) is 10.6. The molecule has 0 aliphatic carbocycles. The zero-order valence-corrected chi connectivity index (χ0v) is 20.0. The molecule has 1 fully saturated rings. The number of alkyl halides is 3. The molecule has 2 amide bonds. The number of nitrogens with zero attached hydrogens (tertiary/aromatic N) is 2. The number of hydrogen-bond donors (Lipinski definition) is 0. The molecule has 35 heavy (non-hydrogen) atoms. The highest BCUT2D eigenvalue weighted by Crippen LogP contribution is 2.40. The first kappa shape index (κ1) is 26.2. The molecule has 0 radical (unpaired) electrons. The molecule has 1 saturated heterocycles. The first-order chi connectivity index (χ1) is 16.4. The third-order valence-electron chi connectivity index (χ3n) is 4.42. The minimum absolute atomic E-state index is 0.0539. The molecule has 0 saturated carbocycles. The van der Waals surface area contributed by atoms with Crippen molar-refractivity contribution in [3.8, 4) is 11.5 Å². The summed E-state index contributed by atoms with van der Waals surface area (Å²) >= 11 is 3.85. The van der Waals surface area contributed by atoms with Crippen LogP contribution in [0, 0.1) is 10.1 Å². The van der Waals surface area contributed by atoms with Gasteiger partial charge in [-0.25, -0.2) is 0 Å². The topological polar surface area (TPSA) is 116 Å². The first-order valence-electron chi connectivity index (χ1n) is 9.64. The minimum atomic E-state index is -4.76. The number of imide groups is 1. The Morgan fingerprint density at radius 1 is 1.20 bits per heavy atom. The summed E-state index contributed by atoms with van der Waals surface area (Å²) in [6.07, 6.45) is -3.37. The summed E-state index contributed by atoms with van der Waals surface area (Å²) in [6, 6.07) is 6.21. The van der Waals surface area contributed by atoms with Gasteiger partial charge in [-0.15, -0.1) is 0 Å². The quantitative estimate of drug-likeness (QED) is 0.177. The molecular formula is C21H14BrF3N2O7S. The van der Waals surface area contributed by atoms with Gasteiger partial charge < -0.3 is 9.47 Å². The van der Waals surface area contributed by atoms with Crippen molar-refractivity contribution < 1.29 is 42.0 Å². The van der Waals surface area contributed by atoms with Crippen molar-refractivity contribution in [1.29, 1.82) is 0 Å². The number of amides is 2. The number of carbonyl (C=O) groups excluding carboxylic acids is 3. The van der Waals surface area contributed by atoms with Crippen molar-refractivity contribution in [2.45, 2.75) is 13.1 Å². The molecule has 9 nitrogen and oxygen atoms in total. The third-order valence-corrected chi connectivity index (χ3v) is 5.95. The van der Waals surface area contributed by atoms with Crippen LogP contribution < -0.4 is 4.74 Å². The average Bonchev–Trinajstić information content (AvgIpc) is 3.02. The van der Waals surface area contributed by atoms with Gasteiger partial charge in [0.1, 0.15) is 12.3 Å². The van der Waals surface area contributed by atoms with E-state index in [4.69, 9.17) is 9.47 Å². The standard InChI is InChI=1S/C21H14BrF3N2O7S/c1-2-33-18(28)10-26-19(29)17(35-20(26)30)8-11-3-5-15(13(22)7-11)34-16-6-4-12(21(23,24)25)9-14(16)27(31)32/h3-9H,2,10H2,1H3/b17-8-. The number of thioether (sulfide) groups is 1. The lowest BCUT2D eigenvalue weighted by atomic mass is 10.1. The van der Waals surface area contributed by atoms with Crippen LogP contribution in [0.25, 0.3) is 6.08 Å². The average molecular weight is 575 g/mol. The largest absolute Gasteiger partial charge is 0.465 e. The van der Waals surface area contributed by atoms with Crippen molar-refractivity contribution in [1.82, 2.24) is 4.90 Å². The maximum Gasteiger partial charge on any atom is 0.416 e. The Hall–Kier alpha value is -3.39. The molecule has 2 aromatic rings. The van der Waals surface area contributed by atoms with E-state index in [1.807, 2.05) is 0 Å². The zero-order chi connectivity index (χ0) is 25.9. The second-order valence-electron chi connectivity index (χ2n) is 6.80. The van der Waals surface area contributed by atoms with Gasteiger partial charge in [0.05, 0.1) is 26.5 Å². The normalized spacial score (nSPS) is 15.0. The Morgan fingerprint density at radius 2 is 1.89 bits per heavy atom. The monoisotopic (exact) mass is 574 g/mol. The summed E-state index contributed by atoms with van der Waals surface area (Å²) in [5.41, 5.74) is -1.62. The lowest BCUT2D eigenvalue weighted by Crippen LogP contribution is -2.34. The van der Waals surface area contributed by atoms with E-state index >= 15 is 0 Å². The molecule has 0 bridgehead atoms. The number of nitro groups is 1. The highest BCUT2D eigenvalue weighted by molar-refractivity contribution is 9.10. The van der Waals surface area contributed by atoms with E-state index in [-0.39, 0.29) is 21.7 Å². The van der Waals surface area contributed by atoms with E-state index in [1.54, 1.807) is 6.92 Å². The van der Waals surface area contributed by atoms with Gasteiger partial charge in [-0.2, -0.15) is 13.2 Å². The maximum atomic E-state index is 12.9. The second-order valence-corrected chi connectivity index (χ2v) is 8.65. The smallest absolute Gasteiger partial charge is 0.416 e. The predicted octanol–water partition coefficient (Wildman–Crippen LogP) is 5.77. The summed E-state index contributed by atoms with van der Waals surface area (Å²) in [4.78, 5) is 47.2. The van der Waals surface area contributed by atoms with Gasteiger partial charge in [-0.3, -0.25) is 29.4 Å². The van der Waals surface area contributed by atoms with Crippen LogP contribution in [0.15, 0.2) is 45.8 Å². The van der Waals surface area contributed by atoms with Gasteiger partial charge in [0.2, 0.25) is 5.75 Å². The lowest BCUT2D eigenvalue weighted by Gasteiger charge is -2.11. The summed E-state index contributed by atoms with van der Waals surface area (Å²) in [6.45, 7) is 1.17. The number of benzene rings is 2. The molecule has 0 atom stereocenters. The second kappa shape index (κ2) is 10.5. The molecule has 2 aromatic carbocycles. The van der Waals surface area contributed by atoms with Crippen LogP contribution in [0.5, 0.6) is 11.5 Å². The van der Waals surface area contributed by atoms with Crippen molar-refractivity contribution >= 4 is 56.6 Å². The van der Waals surface area contributed by atoms with E-state index in [2.05, 4.69) is 15.9 Å². The van der Waals surface area contributed by atoms with Gasteiger partial charge in [0, 0.05) is 6.07 Å². The van der Waals surface area contributed by atoms with Gasteiger partial charge in [0.25, 0.3) is 11.1 Å².